The summed E-state index contributed by atoms with van der Waals surface area (Å²) in [6.07, 6.45) is 4.25. The quantitative estimate of drug-likeness (QED) is 0.459. The second kappa shape index (κ2) is 10.6. The highest BCUT2D eigenvalue weighted by Crippen LogP contribution is 2.34. The van der Waals surface area contributed by atoms with Crippen LogP contribution in [-0.2, 0) is 0 Å². The first-order chi connectivity index (χ1) is 16.1. The lowest BCUT2D eigenvalue weighted by Crippen LogP contribution is -2.48. The van der Waals surface area contributed by atoms with Crippen LogP contribution in [0.1, 0.15) is 43.0 Å². The Bertz CT molecular complexity index is 965. The van der Waals surface area contributed by atoms with Crippen LogP contribution in [0.3, 0.4) is 0 Å². The van der Waals surface area contributed by atoms with Gasteiger partial charge in [0.1, 0.15) is 11.4 Å². The molecule has 2 aromatic carbocycles. The second-order valence-corrected chi connectivity index (χ2v) is 8.63. The van der Waals surface area contributed by atoms with Crippen molar-refractivity contribution in [1.29, 1.82) is 0 Å². The molecule has 0 atom stereocenters. The number of hydrogen-bond donors (Lipinski definition) is 0. The van der Waals surface area contributed by atoms with Gasteiger partial charge in [-0.3, -0.25) is 14.9 Å². The number of carbonyl (C=O) groups is 1. The first kappa shape index (κ1) is 22.9. The molecule has 33 heavy (non-hydrogen) atoms. The van der Waals surface area contributed by atoms with Crippen molar-refractivity contribution in [3.8, 4) is 5.75 Å². The van der Waals surface area contributed by atoms with E-state index in [9.17, 15) is 14.9 Å². The lowest BCUT2D eigenvalue weighted by molar-refractivity contribution is -0.384. The van der Waals surface area contributed by atoms with Gasteiger partial charge in [-0.1, -0.05) is 6.92 Å². The van der Waals surface area contributed by atoms with E-state index in [1.165, 1.54) is 6.42 Å². The third kappa shape index (κ3) is 5.38. The molecule has 2 aliphatic rings. The monoisotopic (exact) mass is 452 g/mol. The Hall–Kier alpha value is -3.29. The molecule has 2 fully saturated rings. The largest absolute Gasteiger partial charge is 0.494 e. The van der Waals surface area contributed by atoms with Gasteiger partial charge < -0.3 is 19.4 Å². The van der Waals surface area contributed by atoms with Gasteiger partial charge in [-0.2, -0.15) is 0 Å². The van der Waals surface area contributed by atoms with Crippen molar-refractivity contribution in [2.75, 3.05) is 55.7 Å². The number of amides is 1. The molecule has 2 aromatic rings. The van der Waals surface area contributed by atoms with Crippen LogP contribution in [0.2, 0.25) is 0 Å². The van der Waals surface area contributed by atoms with Gasteiger partial charge in [-0.15, -0.1) is 0 Å². The molecule has 8 nitrogen and oxygen atoms in total. The van der Waals surface area contributed by atoms with Gasteiger partial charge in [0.2, 0.25) is 0 Å². The summed E-state index contributed by atoms with van der Waals surface area (Å²) in [5.41, 5.74) is 2.52. The molecule has 176 valence electrons. The Morgan fingerprint density at radius 3 is 2.27 bits per heavy atom. The molecule has 0 N–H and O–H groups in total. The van der Waals surface area contributed by atoms with Gasteiger partial charge >= 0.3 is 0 Å². The summed E-state index contributed by atoms with van der Waals surface area (Å²) >= 11 is 0. The molecule has 0 aromatic heterocycles. The standard InChI is InChI=1S/C25H32N4O4/c1-2-18-33-22-9-6-20(7-10-22)25(30)28-16-14-26(15-17-28)21-8-11-23(29(31)32)24(19-21)27-12-4-3-5-13-27/h6-11,19H,2-5,12-18H2,1H3. The number of carbonyl (C=O) groups excluding carboxylic acids is 1. The van der Waals surface area contributed by atoms with Crippen LogP contribution in [-0.4, -0.2) is 61.6 Å². The second-order valence-electron chi connectivity index (χ2n) is 8.63. The van der Waals surface area contributed by atoms with Crippen molar-refractivity contribution >= 4 is 23.0 Å². The smallest absolute Gasteiger partial charge is 0.292 e. The normalized spacial score (nSPS) is 16.6. The van der Waals surface area contributed by atoms with Crippen molar-refractivity contribution in [3.05, 3.63) is 58.1 Å². The first-order valence-corrected chi connectivity index (χ1v) is 11.9. The van der Waals surface area contributed by atoms with Crippen LogP contribution >= 0.6 is 0 Å². The molecule has 0 aliphatic carbocycles. The van der Waals surface area contributed by atoms with Gasteiger partial charge in [-0.25, -0.2) is 0 Å². The Morgan fingerprint density at radius 1 is 0.939 bits per heavy atom. The fourth-order valence-electron chi connectivity index (χ4n) is 4.51. The Labute approximate surface area is 194 Å². The van der Waals surface area contributed by atoms with Crippen molar-refractivity contribution in [2.45, 2.75) is 32.6 Å². The number of nitro groups is 1. The molecule has 1 amide bonds. The highest BCUT2D eigenvalue weighted by molar-refractivity contribution is 5.94. The molecular weight excluding hydrogens is 420 g/mol. The number of benzene rings is 2. The predicted octanol–water partition coefficient (Wildman–Crippen LogP) is 4.34. The maximum absolute atomic E-state index is 12.9. The van der Waals surface area contributed by atoms with Crippen LogP contribution in [0.4, 0.5) is 17.1 Å². The SMILES string of the molecule is CCCOc1ccc(C(=O)N2CCN(c3ccc([N+](=O)[O-])c(N4CCCCC4)c3)CC2)cc1. The zero-order valence-corrected chi connectivity index (χ0v) is 19.2. The van der Waals surface area contributed by atoms with E-state index in [0.29, 0.717) is 44.0 Å². The number of hydrogen-bond acceptors (Lipinski definition) is 6. The van der Waals surface area contributed by atoms with E-state index >= 15 is 0 Å². The number of anilines is 2. The highest BCUT2D eigenvalue weighted by atomic mass is 16.6. The maximum Gasteiger partial charge on any atom is 0.292 e. The molecule has 0 bridgehead atoms. The zero-order chi connectivity index (χ0) is 23.2. The Balaban J connectivity index is 1.41. The molecule has 0 unspecified atom stereocenters. The van der Waals surface area contributed by atoms with Crippen molar-refractivity contribution in [3.63, 3.8) is 0 Å². The number of nitrogens with zero attached hydrogens (tertiary/aromatic N) is 4. The van der Waals surface area contributed by atoms with Crippen molar-refractivity contribution < 1.29 is 14.5 Å². The number of nitro benzene ring substituents is 1. The number of rotatable bonds is 7. The zero-order valence-electron chi connectivity index (χ0n) is 19.2. The summed E-state index contributed by atoms with van der Waals surface area (Å²) in [4.78, 5) is 30.5. The Morgan fingerprint density at radius 2 is 1.64 bits per heavy atom. The van der Waals surface area contributed by atoms with Crippen molar-refractivity contribution in [2.24, 2.45) is 0 Å². The van der Waals surface area contributed by atoms with E-state index in [4.69, 9.17) is 4.74 Å². The lowest BCUT2D eigenvalue weighted by atomic mass is 10.1. The van der Waals surface area contributed by atoms with E-state index in [1.54, 1.807) is 6.07 Å². The summed E-state index contributed by atoms with van der Waals surface area (Å²) in [6, 6.07) is 12.7. The highest BCUT2D eigenvalue weighted by Gasteiger charge is 2.26. The topological polar surface area (TPSA) is 79.2 Å². The van der Waals surface area contributed by atoms with Crippen LogP contribution in [0.15, 0.2) is 42.5 Å². The van der Waals surface area contributed by atoms with E-state index in [2.05, 4.69) is 16.7 Å². The molecule has 0 radical (unpaired) electrons. The fraction of sp³-hybridized carbons (Fsp3) is 0.480. The summed E-state index contributed by atoms with van der Waals surface area (Å²) in [5, 5.41) is 11.6. The fourth-order valence-corrected chi connectivity index (χ4v) is 4.51. The van der Waals surface area contributed by atoms with Crippen LogP contribution in [0.5, 0.6) is 5.75 Å². The molecule has 0 spiro atoms. The van der Waals surface area contributed by atoms with E-state index in [-0.39, 0.29) is 16.5 Å². The Kier molecular flexibility index (Phi) is 7.32. The number of ether oxygens (including phenoxy) is 1. The lowest BCUT2D eigenvalue weighted by Gasteiger charge is -2.37. The molecule has 4 rings (SSSR count). The van der Waals surface area contributed by atoms with Gasteiger partial charge in [0.15, 0.2) is 0 Å². The molecular formula is C25H32N4O4. The van der Waals surface area contributed by atoms with Gasteiger partial charge in [0.05, 0.1) is 11.5 Å². The minimum Gasteiger partial charge on any atom is -0.494 e. The minimum absolute atomic E-state index is 0.0226. The van der Waals surface area contributed by atoms with E-state index in [0.717, 1.165) is 43.8 Å². The third-order valence-corrected chi connectivity index (χ3v) is 6.36. The number of piperidine rings is 1. The van der Waals surface area contributed by atoms with Gasteiger partial charge in [0.25, 0.3) is 11.6 Å². The average molecular weight is 453 g/mol. The van der Waals surface area contributed by atoms with Gasteiger partial charge in [0, 0.05) is 56.6 Å². The van der Waals surface area contributed by atoms with Crippen molar-refractivity contribution in [1.82, 2.24) is 4.90 Å². The maximum atomic E-state index is 12.9. The summed E-state index contributed by atoms with van der Waals surface area (Å²) in [6.45, 7) is 7.05. The van der Waals surface area contributed by atoms with E-state index < -0.39 is 0 Å². The van der Waals surface area contributed by atoms with Crippen LogP contribution < -0.4 is 14.5 Å². The summed E-state index contributed by atoms with van der Waals surface area (Å²) in [5.74, 6) is 0.801. The average Bonchev–Trinajstić information content (AvgIpc) is 2.87. The molecule has 0 saturated carbocycles. The first-order valence-electron chi connectivity index (χ1n) is 11.9. The van der Waals surface area contributed by atoms with E-state index in [1.807, 2.05) is 41.3 Å². The van der Waals surface area contributed by atoms with Crippen LogP contribution in [0, 0.1) is 10.1 Å². The molecule has 2 heterocycles. The van der Waals surface area contributed by atoms with Gasteiger partial charge in [-0.05, 0) is 62.1 Å². The third-order valence-electron chi connectivity index (χ3n) is 6.36. The molecule has 2 aliphatic heterocycles. The predicted molar refractivity (Wildman–Crippen MR) is 130 cm³/mol. The summed E-state index contributed by atoms with van der Waals surface area (Å²) < 4.78 is 5.60. The van der Waals surface area contributed by atoms with Crippen LogP contribution in [0.25, 0.3) is 0 Å². The number of piperazine rings is 1. The molecule has 8 heteroatoms. The minimum atomic E-state index is -0.289. The molecule has 2 saturated heterocycles. The summed E-state index contributed by atoms with van der Waals surface area (Å²) in [7, 11) is 0.